The molecule has 0 amide bonds. The van der Waals surface area contributed by atoms with Gasteiger partial charge < -0.3 is 39.4 Å². The molecule has 0 saturated carbocycles. The molecule has 4 N–H and O–H groups in total. The number of hydrogen-bond donors (Lipinski definition) is 4. The molecule has 0 atom stereocenters. The number of phenolic OH excluding ortho intramolecular Hbond substituents is 4. The summed E-state index contributed by atoms with van der Waals surface area (Å²) in [4.78, 5) is 55.8. The minimum atomic E-state index is -1.57. The Bertz CT molecular complexity index is 2520. The van der Waals surface area contributed by atoms with Crippen molar-refractivity contribution >= 4 is 23.9 Å². The summed E-state index contributed by atoms with van der Waals surface area (Å²) >= 11 is 0. The Morgan fingerprint density at radius 1 is 0.309 bits per heavy atom. The van der Waals surface area contributed by atoms with Gasteiger partial charge in [0.15, 0.2) is 0 Å². The average Bonchev–Trinajstić information content (AvgIpc) is 3.51. The molecule has 0 fully saturated rings. The van der Waals surface area contributed by atoms with Crippen LogP contribution >= 0.6 is 0 Å². The SMILES string of the molecule is CC(C)(C)c1cc(CCC(=O)OCC(COC(=O)CCc2cc(C(C)(C)C)c(O)c(C(C)(C)C)c2)(COC(=O)CCc2cc(C(C)(C)C)c(O)c(C(C)(C)C)c2)COC(=O)CCc2cc(C(C)(C)C)c(O)c(C(C)(C)C)c2)ccc1O. The van der Waals surface area contributed by atoms with Crippen molar-refractivity contribution in [2.45, 2.75) is 235 Å². The van der Waals surface area contributed by atoms with Gasteiger partial charge in [-0.2, -0.15) is 0 Å². The fourth-order valence-electron chi connectivity index (χ4n) is 9.74. The lowest BCUT2D eigenvalue weighted by atomic mass is 9.78. The van der Waals surface area contributed by atoms with Crippen LogP contribution in [-0.4, -0.2) is 70.7 Å². The van der Waals surface area contributed by atoms with Crippen molar-refractivity contribution in [1.29, 1.82) is 0 Å². The van der Waals surface area contributed by atoms with Gasteiger partial charge in [-0.05, 0) is 131 Å². The van der Waals surface area contributed by atoms with Crippen molar-refractivity contribution < 1.29 is 58.6 Å². The molecule has 448 valence electrons. The first kappa shape index (κ1) is 67.5. The zero-order chi connectivity index (χ0) is 61.6. The Kier molecular flexibility index (Phi) is 21.3. The first-order chi connectivity index (χ1) is 36.8. The number of rotatable bonds is 20. The van der Waals surface area contributed by atoms with E-state index in [-0.39, 0.29) is 79.8 Å². The minimum Gasteiger partial charge on any atom is -0.508 e. The summed E-state index contributed by atoms with van der Waals surface area (Å²) in [5.41, 5.74) is 4.30. The van der Waals surface area contributed by atoms with Gasteiger partial charge in [-0.25, -0.2) is 0 Å². The second-order valence-electron chi connectivity index (χ2n) is 29.9. The van der Waals surface area contributed by atoms with Crippen LogP contribution in [0.2, 0.25) is 0 Å². The van der Waals surface area contributed by atoms with Gasteiger partial charge in [0.2, 0.25) is 0 Å². The second kappa shape index (κ2) is 25.6. The molecule has 0 radical (unpaired) electrons. The molecular weight excluding hydrogens is 1020 g/mol. The molecule has 0 bridgehead atoms. The summed E-state index contributed by atoms with van der Waals surface area (Å²) in [5.74, 6) is -1.56. The van der Waals surface area contributed by atoms with Crippen LogP contribution in [0.25, 0.3) is 0 Å². The largest absolute Gasteiger partial charge is 0.508 e. The summed E-state index contributed by atoms with van der Waals surface area (Å²) in [6, 6.07) is 16.7. The molecule has 81 heavy (non-hydrogen) atoms. The smallest absolute Gasteiger partial charge is 0.306 e. The van der Waals surface area contributed by atoms with Gasteiger partial charge in [0, 0.05) is 25.7 Å². The fraction of sp³-hybridized carbons (Fsp3) is 0.594. The number of aromatic hydroxyl groups is 4. The lowest BCUT2D eigenvalue weighted by Crippen LogP contribution is -2.44. The zero-order valence-electron chi connectivity index (χ0n) is 53.2. The molecule has 0 heterocycles. The van der Waals surface area contributed by atoms with E-state index in [9.17, 15) is 39.6 Å². The number of hydrogen-bond acceptors (Lipinski definition) is 12. The van der Waals surface area contributed by atoms with Gasteiger partial charge >= 0.3 is 23.9 Å². The van der Waals surface area contributed by atoms with Crippen molar-refractivity contribution in [3.63, 3.8) is 0 Å². The lowest BCUT2D eigenvalue weighted by Gasteiger charge is -2.32. The number of aryl methyl sites for hydroxylation is 4. The number of ether oxygens (including phenoxy) is 4. The Balaban J connectivity index is 1.72. The third-order valence-corrected chi connectivity index (χ3v) is 14.9. The first-order valence-corrected chi connectivity index (χ1v) is 28.9. The Morgan fingerprint density at radius 3 is 0.716 bits per heavy atom. The summed E-state index contributed by atoms with van der Waals surface area (Å²) in [7, 11) is 0. The van der Waals surface area contributed by atoms with E-state index in [0.717, 1.165) is 61.2 Å². The maximum Gasteiger partial charge on any atom is 0.306 e. The zero-order valence-corrected chi connectivity index (χ0v) is 53.2. The van der Waals surface area contributed by atoms with Gasteiger partial charge in [-0.3, -0.25) is 19.2 Å². The molecule has 4 aromatic rings. The molecule has 12 nitrogen and oxygen atoms in total. The quantitative estimate of drug-likeness (QED) is 0.0485. The maximum atomic E-state index is 14.0. The third-order valence-electron chi connectivity index (χ3n) is 14.9. The second-order valence-corrected chi connectivity index (χ2v) is 29.9. The van der Waals surface area contributed by atoms with Crippen LogP contribution in [0, 0.1) is 5.41 Å². The van der Waals surface area contributed by atoms with Crippen LogP contribution in [0.5, 0.6) is 23.0 Å². The Labute approximate surface area is 485 Å². The first-order valence-electron chi connectivity index (χ1n) is 28.9. The molecular formula is C69H100O12. The molecule has 0 unspecified atom stereocenters. The third kappa shape index (κ3) is 19.3. The van der Waals surface area contributed by atoms with E-state index < -0.39 is 88.2 Å². The monoisotopic (exact) mass is 1120 g/mol. The molecule has 0 aromatic heterocycles. The van der Waals surface area contributed by atoms with Crippen LogP contribution in [0.3, 0.4) is 0 Å². The van der Waals surface area contributed by atoms with Gasteiger partial charge in [0.05, 0.1) is 0 Å². The highest BCUT2D eigenvalue weighted by Gasteiger charge is 2.39. The predicted octanol–water partition coefficient (Wildman–Crippen LogP) is 14.6. The normalized spacial score (nSPS) is 13.0. The summed E-state index contributed by atoms with van der Waals surface area (Å²) in [6.07, 6.45) is 0.894. The lowest BCUT2D eigenvalue weighted by molar-refractivity contribution is -0.170. The van der Waals surface area contributed by atoms with Crippen molar-refractivity contribution in [2.24, 2.45) is 5.41 Å². The fourth-order valence-corrected chi connectivity index (χ4v) is 9.74. The van der Waals surface area contributed by atoms with E-state index in [1.165, 1.54) is 0 Å². The highest BCUT2D eigenvalue weighted by molar-refractivity contribution is 5.72. The average molecular weight is 1120 g/mol. The van der Waals surface area contributed by atoms with E-state index in [1.54, 1.807) is 12.1 Å². The standard InChI is InChI=1S/C69H100O12/c1-62(2,3)47-32-43(22-27-54(47)70)23-28-55(71)78-39-69(40-79-56(72)29-24-44-33-48(63(4,5)6)59(75)49(34-44)64(7,8)9,41-80-57(73)30-25-45-35-50(65(10,11)12)60(76)51(36-45)66(13,14)15)42-81-58(74)31-26-46-37-52(67(16,17)18)61(77)53(38-46)68(19,20)21/h22,27,32-38,70,75-77H,23-26,28-31,39-42H2,1-21H3. The van der Waals surface area contributed by atoms with Gasteiger partial charge in [0.1, 0.15) is 54.8 Å². The molecule has 12 heteroatoms. The van der Waals surface area contributed by atoms with Gasteiger partial charge in [0.25, 0.3) is 0 Å². The Hall–Kier alpha value is -6.04. The summed E-state index contributed by atoms with van der Waals surface area (Å²) in [6.45, 7) is 40.5. The van der Waals surface area contributed by atoms with Crippen molar-refractivity contribution in [2.75, 3.05) is 26.4 Å². The topological polar surface area (TPSA) is 186 Å². The molecule has 0 saturated heterocycles. The molecule has 0 spiro atoms. The molecule has 4 rings (SSSR count). The highest BCUT2D eigenvalue weighted by atomic mass is 16.6. The molecule has 0 aliphatic rings. The summed E-state index contributed by atoms with van der Waals surface area (Å²) in [5, 5.41) is 44.8. The van der Waals surface area contributed by atoms with E-state index in [0.29, 0.717) is 0 Å². The van der Waals surface area contributed by atoms with E-state index in [2.05, 4.69) is 0 Å². The van der Waals surface area contributed by atoms with Crippen LogP contribution in [0.15, 0.2) is 54.6 Å². The van der Waals surface area contributed by atoms with Gasteiger partial charge in [-0.1, -0.05) is 194 Å². The number of phenols is 4. The van der Waals surface area contributed by atoms with Crippen LogP contribution in [0.4, 0.5) is 0 Å². The van der Waals surface area contributed by atoms with Gasteiger partial charge in [-0.15, -0.1) is 0 Å². The number of carbonyl (C=O) groups is 4. The maximum absolute atomic E-state index is 14.0. The minimum absolute atomic E-state index is 0.0526. The molecule has 4 aromatic carbocycles. The van der Waals surface area contributed by atoms with Crippen molar-refractivity contribution in [3.05, 3.63) is 116 Å². The van der Waals surface area contributed by atoms with Crippen LogP contribution in [-0.2, 0) is 102 Å². The van der Waals surface area contributed by atoms with Crippen LogP contribution in [0.1, 0.15) is 232 Å². The van der Waals surface area contributed by atoms with E-state index in [4.69, 9.17) is 18.9 Å². The predicted molar refractivity (Wildman–Crippen MR) is 323 cm³/mol. The highest BCUT2D eigenvalue weighted by Crippen LogP contribution is 2.43. The van der Waals surface area contributed by atoms with Crippen LogP contribution < -0.4 is 0 Å². The Morgan fingerprint density at radius 2 is 0.506 bits per heavy atom. The number of carbonyl (C=O) groups excluding carboxylic acids is 4. The summed E-state index contributed by atoms with van der Waals surface area (Å²) < 4.78 is 24.2. The van der Waals surface area contributed by atoms with E-state index in [1.807, 2.05) is 188 Å². The van der Waals surface area contributed by atoms with E-state index >= 15 is 0 Å². The van der Waals surface area contributed by atoms with Crippen molar-refractivity contribution in [3.8, 4) is 23.0 Å². The number of esters is 4. The number of benzene rings is 4. The molecule has 0 aliphatic heterocycles. The van der Waals surface area contributed by atoms with Crippen molar-refractivity contribution in [1.82, 2.24) is 0 Å². The molecule has 0 aliphatic carbocycles.